The average molecular weight is 259 g/mol. The fourth-order valence-corrected chi connectivity index (χ4v) is 2.39. The van der Waals surface area contributed by atoms with Gasteiger partial charge in [-0.3, -0.25) is 4.90 Å². The van der Waals surface area contributed by atoms with Crippen molar-refractivity contribution in [1.82, 2.24) is 4.90 Å². The van der Waals surface area contributed by atoms with Crippen molar-refractivity contribution < 1.29 is 4.74 Å². The van der Waals surface area contributed by atoms with E-state index in [1.54, 1.807) is 0 Å². The smallest absolute Gasteiger partial charge is 0.0721 e. The zero-order chi connectivity index (χ0) is 13.3. The first kappa shape index (κ1) is 14.3. The molecule has 0 bridgehead atoms. The summed E-state index contributed by atoms with van der Waals surface area (Å²) in [6, 6.07) is 10.3. The second kappa shape index (κ2) is 8.13. The fraction of sp³-hybridized carbons (Fsp3) is 0.529. The second-order valence-corrected chi connectivity index (χ2v) is 5.39. The molecule has 1 fully saturated rings. The minimum atomic E-state index is 0.704. The van der Waals surface area contributed by atoms with Crippen LogP contribution in [0.5, 0.6) is 0 Å². The van der Waals surface area contributed by atoms with E-state index >= 15 is 0 Å². The van der Waals surface area contributed by atoms with E-state index < -0.39 is 0 Å². The fourth-order valence-electron chi connectivity index (χ4n) is 2.39. The number of benzene rings is 1. The van der Waals surface area contributed by atoms with Gasteiger partial charge in [0.2, 0.25) is 0 Å². The lowest BCUT2D eigenvalue weighted by atomic mass is 10.1. The van der Waals surface area contributed by atoms with Crippen LogP contribution in [0, 0.1) is 0 Å². The molecule has 0 amide bonds. The maximum atomic E-state index is 5.73. The molecule has 1 saturated heterocycles. The van der Waals surface area contributed by atoms with Gasteiger partial charge in [-0.25, -0.2) is 0 Å². The maximum Gasteiger partial charge on any atom is 0.0721 e. The Morgan fingerprint density at radius 2 is 1.89 bits per heavy atom. The van der Waals surface area contributed by atoms with Gasteiger partial charge < -0.3 is 4.74 Å². The highest BCUT2D eigenvalue weighted by Gasteiger charge is 2.07. The van der Waals surface area contributed by atoms with Crippen LogP contribution in [0.4, 0.5) is 0 Å². The first-order chi connectivity index (χ1) is 9.34. The van der Waals surface area contributed by atoms with Gasteiger partial charge in [-0.2, -0.15) is 0 Å². The Bertz CT molecular complexity index is 380. The van der Waals surface area contributed by atoms with E-state index in [0.717, 1.165) is 13.2 Å². The molecule has 0 spiro atoms. The van der Waals surface area contributed by atoms with E-state index in [-0.39, 0.29) is 0 Å². The molecule has 0 radical (unpaired) electrons. The topological polar surface area (TPSA) is 12.5 Å². The molecule has 1 heterocycles. The van der Waals surface area contributed by atoms with Crippen molar-refractivity contribution in [2.24, 2.45) is 0 Å². The second-order valence-electron chi connectivity index (χ2n) is 5.39. The number of hydrogen-bond donors (Lipinski definition) is 0. The number of rotatable bonds is 6. The van der Waals surface area contributed by atoms with Gasteiger partial charge in [0, 0.05) is 6.54 Å². The third-order valence-corrected chi connectivity index (χ3v) is 3.59. The predicted molar refractivity (Wildman–Crippen MR) is 80.1 cm³/mol. The van der Waals surface area contributed by atoms with Crippen LogP contribution in [0.1, 0.15) is 31.7 Å². The van der Waals surface area contributed by atoms with Gasteiger partial charge in [0.1, 0.15) is 0 Å². The highest BCUT2D eigenvalue weighted by atomic mass is 16.5. The van der Waals surface area contributed by atoms with Crippen LogP contribution >= 0.6 is 0 Å². The molecule has 2 nitrogen and oxygen atoms in total. The van der Waals surface area contributed by atoms with Crippen molar-refractivity contribution in [3.05, 3.63) is 47.5 Å². The molecule has 1 aromatic rings. The van der Waals surface area contributed by atoms with Crippen molar-refractivity contribution in [3.63, 3.8) is 0 Å². The van der Waals surface area contributed by atoms with Gasteiger partial charge in [-0.05, 0) is 38.4 Å². The highest BCUT2D eigenvalue weighted by Crippen LogP contribution is 2.09. The first-order valence-electron chi connectivity index (χ1n) is 7.34. The maximum absolute atomic E-state index is 5.73. The molecule has 2 heteroatoms. The highest BCUT2D eigenvalue weighted by molar-refractivity contribution is 5.13. The third-order valence-electron chi connectivity index (χ3n) is 3.59. The Morgan fingerprint density at radius 1 is 1.16 bits per heavy atom. The summed E-state index contributed by atoms with van der Waals surface area (Å²) in [5.74, 6) is 0. The van der Waals surface area contributed by atoms with Crippen LogP contribution in [0.3, 0.4) is 0 Å². The average Bonchev–Trinajstić information content (AvgIpc) is 2.47. The van der Waals surface area contributed by atoms with E-state index in [2.05, 4.69) is 42.2 Å². The Hall–Kier alpha value is -1.12. The molecular formula is C17H25NO. The lowest BCUT2D eigenvalue weighted by Gasteiger charge is -2.25. The largest absolute Gasteiger partial charge is 0.372 e. The van der Waals surface area contributed by atoms with Crippen LogP contribution in [0.25, 0.3) is 0 Å². The van der Waals surface area contributed by atoms with Crippen molar-refractivity contribution in [2.45, 2.75) is 32.8 Å². The Kier molecular flexibility index (Phi) is 6.12. The summed E-state index contributed by atoms with van der Waals surface area (Å²) in [6.07, 6.45) is 6.44. The van der Waals surface area contributed by atoms with Crippen LogP contribution < -0.4 is 0 Å². The number of ether oxygens (including phenoxy) is 1. The summed E-state index contributed by atoms with van der Waals surface area (Å²) in [4.78, 5) is 2.53. The first-order valence-corrected chi connectivity index (χ1v) is 7.34. The molecule has 0 saturated carbocycles. The molecule has 1 aromatic carbocycles. The number of hydrogen-bond acceptors (Lipinski definition) is 2. The van der Waals surface area contributed by atoms with Crippen molar-refractivity contribution in [1.29, 1.82) is 0 Å². The van der Waals surface area contributed by atoms with E-state index in [9.17, 15) is 0 Å². The van der Waals surface area contributed by atoms with Gasteiger partial charge in [0.25, 0.3) is 0 Å². The van der Waals surface area contributed by atoms with Crippen molar-refractivity contribution >= 4 is 0 Å². The number of likely N-dealkylation sites (tertiary alicyclic amines) is 1. The lowest BCUT2D eigenvalue weighted by molar-refractivity contribution is 0.142. The zero-order valence-corrected chi connectivity index (χ0v) is 12.0. The Balaban J connectivity index is 1.64. The van der Waals surface area contributed by atoms with Gasteiger partial charge in [-0.15, -0.1) is 0 Å². The molecule has 0 aromatic heterocycles. The Morgan fingerprint density at radius 3 is 2.63 bits per heavy atom. The van der Waals surface area contributed by atoms with Gasteiger partial charge in [0.15, 0.2) is 0 Å². The van der Waals surface area contributed by atoms with Crippen LogP contribution in [0.2, 0.25) is 0 Å². The van der Waals surface area contributed by atoms with E-state index in [0.29, 0.717) is 6.61 Å². The zero-order valence-electron chi connectivity index (χ0n) is 12.0. The molecule has 1 aliphatic rings. The predicted octanol–water partition coefficient (Wildman–Crippen LogP) is 3.64. The molecule has 0 atom stereocenters. The standard InChI is InChI=1S/C17H25NO/c1-16(10-13-18-11-6-3-7-12-18)14-19-15-17-8-4-2-5-9-17/h2,4-5,8-10H,3,6-7,11-15H2,1H3/b16-10+. The molecule has 2 rings (SSSR count). The lowest BCUT2D eigenvalue weighted by Crippen LogP contribution is -2.29. The van der Waals surface area contributed by atoms with Crippen LogP contribution in [-0.2, 0) is 11.3 Å². The van der Waals surface area contributed by atoms with Crippen molar-refractivity contribution in [2.75, 3.05) is 26.2 Å². The number of nitrogens with zero attached hydrogens (tertiary/aromatic N) is 1. The van der Waals surface area contributed by atoms with Gasteiger partial charge in [-0.1, -0.05) is 48.4 Å². The van der Waals surface area contributed by atoms with Gasteiger partial charge >= 0.3 is 0 Å². The summed E-state index contributed by atoms with van der Waals surface area (Å²) in [7, 11) is 0. The summed E-state index contributed by atoms with van der Waals surface area (Å²) in [5.41, 5.74) is 2.58. The van der Waals surface area contributed by atoms with Crippen LogP contribution in [0.15, 0.2) is 42.0 Å². The van der Waals surface area contributed by atoms with Gasteiger partial charge in [0.05, 0.1) is 13.2 Å². The van der Waals surface area contributed by atoms with E-state index in [1.165, 1.54) is 43.5 Å². The normalized spacial score (nSPS) is 17.6. The molecule has 0 N–H and O–H groups in total. The molecule has 1 aliphatic heterocycles. The minimum absolute atomic E-state index is 0.704. The SMILES string of the molecule is C/C(=C\CN1CCCCC1)COCc1ccccc1. The summed E-state index contributed by atoms with van der Waals surface area (Å²) >= 11 is 0. The Labute approximate surface area is 117 Å². The molecule has 0 aliphatic carbocycles. The van der Waals surface area contributed by atoms with Crippen molar-refractivity contribution in [3.8, 4) is 0 Å². The minimum Gasteiger partial charge on any atom is -0.372 e. The van der Waals surface area contributed by atoms with E-state index in [1.807, 2.05) is 6.07 Å². The van der Waals surface area contributed by atoms with Crippen LogP contribution in [-0.4, -0.2) is 31.1 Å². The molecule has 19 heavy (non-hydrogen) atoms. The van der Waals surface area contributed by atoms with E-state index in [4.69, 9.17) is 4.74 Å². The summed E-state index contributed by atoms with van der Waals surface area (Å²) < 4.78 is 5.73. The molecule has 104 valence electrons. The number of piperidine rings is 1. The third kappa shape index (κ3) is 5.58. The molecule has 0 unspecified atom stereocenters. The molecular weight excluding hydrogens is 234 g/mol. The summed E-state index contributed by atoms with van der Waals surface area (Å²) in [6.45, 7) is 7.21. The quantitative estimate of drug-likeness (QED) is 0.723. The monoisotopic (exact) mass is 259 g/mol. The summed E-state index contributed by atoms with van der Waals surface area (Å²) in [5, 5.41) is 0.